The summed E-state index contributed by atoms with van der Waals surface area (Å²) < 4.78 is 6.04. The van der Waals surface area contributed by atoms with Gasteiger partial charge in [0.05, 0.1) is 15.7 Å². The van der Waals surface area contributed by atoms with Crippen LogP contribution in [0.5, 0.6) is 11.5 Å². The van der Waals surface area contributed by atoms with Crippen molar-refractivity contribution < 1.29 is 4.74 Å². The van der Waals surface area contributed by atoms with Gasteiger partial charge in [0.25, 0.3) is 0 Å². The summed E-state index contributed by atoms with van der Waals surface area (Å²) in [4.78, 5) is 3.52. The number of nitrogens with one attached hydrogen (secondary N) is 1. The minimum absolute atomic E-state index is 0.630. The Hall–Kier alpha value is -2.46. The lowest BCUT2D eigenvalue weighted by atomic mass is 10.00. The predicted molar refractivity (Wildman–Crippen MR) is 122 cm³/mol. The summed E-state index contributed by atoms with van der Waals surface area (Å²) in [5.41, 5.74) is 9.72. The van der Waals surface area contributed by atoms with Crippen LogP contribution >= 0.6 is 23.2 Å². The van der Waals surface area contributed by atoms with Gasteiger partial charge in [0.15, 0.2) is 0 Å². The number of benzene rings is 3. The molecule has 0 saturated heterocycles. The molecule has 148 valence electrons. The molecule has 0 atom stereocenters. The Bertz CT molecular complexity index is 1100. The molecule has 4 aromatic rings. The number of H-pyrrole nitrogens is 1. The molecule has 0 spiro atoms. The van der Waals surface area contributed by atoms with Crippen molar-refractivity contribution in [2.75, 3.05) is 6.54 Å². The topological polar surface area (TPSA) is 51.0 Å². The Morgan fingerprint density at radius 3 is 2.31 bits per heavy atom. The number of ether oxygens (including phenoxy) is 1. The van der Waals surface area contributed by atoms with E-state index in [1.807, 2.05) is 60.7 Å². The van der Waals surface area contributed by atoms with E-state index in [9.17, 15) is 0 Å². The molecule has 3 nitrogen and oxygen atoms in total. The molecular formula is C24H22Cl2N2O. The smallest absolute Gasteiger partial charge is 0.128 e. The van der Waals surface area contributed by atoms with Crippen LogP contribution in [0.25, 0.3) is 22.2 Å². The average Bonchev–Trinajstić information content (AvgIpc) is 3.06. The molecule has 0 unspecified atom stereocenters. The van der Waals surface area contributed by atoms with Crippen LogP contribution in [0.2, 0.25) is 10.0 Å². The molecule has 1 heterocycles. The third-order valence-corrected chi connectivity index (χ3v) is 5.58. The second-order valence-electron chi connectivity index (χ2n) is 6.94. The zero-order chi connectivity index (χ0) is 20.2. The second kappa shape index (κ2) is 8.91. The molecule has 0 aliphatic carbocycles. The van der Waals surface area contributed by atoms with Crippen LogP contribution in [-0.4, -0.2) is 11.5 Å². The van der Waals surface area contributed by atoms with Gasteiger partial charge in [0, 0.05) is 16.5 Å². The van der Waals surface area contributed by atoms with Gasteiger partial charge >= 0.3 is 0 Å². The first-order valence-corrected chi connectivity index (χ1v) is 10.4. The van der Waals surface area contributed by atoms with Crippen molar-refractivity contribution in [1.29, 1.82) is 0 Å². The molecule has 5 heteroatoms. The summed E-state index contributed by atoms with van der Waals surface area (Å²) >= 11 is 13.0. The van der Waals surface area contributed by atoms with Gasteiger partial charge in [-0.3, -0.25) is 0 Å². The molecule has 0 radical (unpaired) electrons. The molecule has 0 fully saturated rings. The zero-order valence-electron chi connectivity index (χ0n) is 15.9. The van der Waals surface area contributed by atoms with Crippen molar-refractivity contribution >= 4 is 34.1 Å². The lowest BCUT2D eigenvalue weighted by molar-refractivity contribution is 0.483. The number of rotatable bonds is 7. The van der Waals surface area contributed by atoms with Gasteiger partial charge in [-0.15, -0.1) is 0 Å². The van der Waals surface area contributed by atoms with Gasteiger partial charge < -0.3 is 15.5 Å². The Labute approximate surface area is 180 Å². The molecule has 1 aromatic heterocycles. The van der Waals surface area contributed by atoms with Crippen LogP contribution in [0.3, 0.4) is 0 Å². The fourth-order valence-corrected chi connectivity index (χ4v) is 4.16. The third-order valence-electron chi connectivity index (χ3n) is 4.95. The largest absolute Gasteiger partial charge is 0.457 e. The summed E-state index contributed by atoms with van der Waals surface area (Å²) in [5.74, 6) is 1.60. The first-order chi connectivity index (χ1) is 14.2. The van der Waals surface area contributed by atoms with Crippen molar-refractivity contribution in [3.63, 3.8) is 0 Å². The van der Waals surface area contributed by atoms with Crippen molar-refractivity contribution in [1.82, 2.24) is 4.98 Å². The van der Waals surface area contributed by atoms with Crippen LogP contribution in [0.15, 0.2) is 66.7 Å². The molecule has 29 heavy (non-hydrogen) atoms. The Balaban J connectivity index is 1.82. The second-order valence-corrected chi connectivity index (χ2v) is 7.76. The van der Waals surface area contributed by atoms with E-state index in [0.29, 0.717) is 16.6 Å². The average molecular weight is 425 g/mol. The number of fused-ring (bicyclic) bond motifs is 1. The number of hydrogen-bond acceptors (Lipinski definition) is 2. The van der Waals surface area contributed by atoms with Crippen LogP contribution in [0.1, 0.15) is 18.4 Å². The maximum absolute atomic E-state index is 6.51. The van der Waals surface area contributed by atoms with Gasteiger partial charge in [-0.25, -0.2) is 0 Å². The predicted octanol–water partition coefficient (Wildman–Crippen LogP) is 7.22. The van der Waals surface area contributed by atoms with E-state index in [-0.39, 0.29) is 0 Å². The van der Waals surface area contributed by atoms with Gasteiger partial charge in [-0.05, 0) is 73.8 Å². The number of aryl methyl sites for hydroxylation is 1. The normalized spacial score (nSPS) is 11.1. The fraction of sp³-hybridized carbons (Fsp3) is 0.167. The van der Waals surface area contributed by atoms with Crippen molar-refractivity contribution in [3.8, 4) is 22.8 Å². The standard InChI is InChI=1S/C24H22Cl2N2O/c25-20-10-6-11-21(26)23(20)24-18(9-4-5-14-27)19-15-17(12-13-22(19)28-24)29-16-7-2-1-3-8-16/h1-3,6-8,10-13,15,28H,4-5,9,14,27H2. The van der Waals surface area contributed by atoms with Crippen molar-refractivity contribution in [2.24, 2.45) is 5.73 Å². The third kappa shape index (κ3) is 4.27. The summed E-state index contributed by atoms with van der Waals surface area (Å²) in [6.45, 7) is 0.674. The van der Waals surface area contributed by atoms with E-state index < -0.39 is 0 Å². The van der Waals surface area contributed by atoms with Crippen LogP contribution < -0.4 is 10.5 Å². The zero-order valence-corrected chi connectivity index (χ0v) is 17.4. The Morgan fingerprint density at radius 1 is 0.828 bits per heavy atom. The van der Waals surface area contributed by atoms with Gasteiger partial charge in [0.2, 0.25) is 0 Å². The number of hydrogen-bond donors (Lipinski definition) is 2. The summed E-state index contributed by atoms with van der Waals surface area (Å²) in [7, 11) is 0. The molecule has 3 N–H and O–H groups in total. The Morgan fingerprint density at radius 2 is 1.59 bits per heavy atom. The molecule has 0 aliphatic rings. The molecule has 0 bridgehead atoms. The van der Waals surface area contributed by atoms with Crippen LogP contribution in [0.4, 0.5) is 0 Å². The molecule has 0 aliphatic heterocycles. The van der Waals surface area contributed by atoms with E-state index >= 15 is 0 Å². The number of halogens is 2. The maximum Gasteiger partial charge on any atom is 0.128 e. The maximum atomic E-state index is 6.51. The molecular weight excluding hydrogens is 403 g/mol. The first kappa shape index (κ1) is 19.8. The fourth-order valence-electron chi connectivity index (χ4n) is 3.57. The number of aromatic amines is 1. The lowest BCUT2D eigenvalue weighted by Crippen LogP contribution is -1.99. The highest BCUT2D eigenvalue weighted by atomic mass is 35.5. The van der Waals surface area contributed by atoms with Crippen LogP contribution in [0, 0.1) is 0 Å². The quantitative estimate of drug-likeness (QED) is 0.307. The van der Waals surface area contributed by atoms with E-state index in [1.54, 1.807) is 0 Å². The Kier molecular flexibility index (Phi) is 6.10. The van der Waals surface area contributed by atoms with Crippen molar-refractivity contribution in [2.45, 2.75) is 19.3 Å². The lowest BCUT2D eigenvalue weighted by Gasteiger charge is -2.09. The highest BCUT2D eigenvalue weighted by molar-refractivity contribution is 6.39. The number of para-hydroxylation sites is 1. The van der Waals surface area contributed by atoms with E-state index in [1.165, 1.54) is 5.56 Å². The monoisotopic (exact) mass is 424 g/mol. The summed E-state index contributed by atoms with van der Waals surface area (Å²) in [5, 5.41) is 2.37. The molecule has 0 saturated carbocycles. The SMILES string of the molecule is NCCCCc1c(-c2c(Cl)cccc2Cl)[nH]c2ccc(Oc3ccccc3)cc12. The molecule has 3 aromatic carbocycles. The van der Waals surface area contributed by atoms with Crippen molar-refractivity contribution in [3.05, 3.63) is 82.3 Å². The van der Waals surface area contributed by atoms with E-state index in [0.717, 1.165) is 52.9 Å². The number of aromatic nitrogens is 1. The van der Waals surface area contributed by atoms with Gasteiger partial charge in [-0.2, -0.15) is 0 Å². The van der Waals surface area contributed by atoms with E-state index in [2.05, 4.69) is 11.1 Å². The molecule has 0 amide bonds. The number of unbranched alkanes of at least 4 members (excludes halogenated alkanes) is 1. The van der Waals surface area contributed by atoms with Gasteiger partial charge in [0.1, 0.15) is 11.5 Å². The number of nitrogens with two attached hydrogens (primary N) is 1. The van der Waals surface area contributed by atoms with E-state index in [4.69, 9.17) is 33.7 Å². The first-order valence-electron chi connectivity index (χ1n) is 9.69. The molecule has 4 rings (SSSR count). The van der Waals surface area contributed by atoms with Gasteiger partial charge in [-0.1, -0.05) is 47.5 Å². The summed E-state index contributed by atoms with van der Waals surface area (Å²) in [6.07, 6.45) is 2.83. The minimum Gasteiger partial charge on any atom is -0.457 e. The summed E-state index contributed by atoms with van der Waals surface area (Å²) in [6, 6.07) is 21.4. The minimum atomic E-state index is 0.630. The van der Waals surface area contributed by atoms with Crippen LogP contribution in [-0.2, 0) is 6.42 Å². The highest BCUT2D eigenvalue weighted by Crippen LogP contribution is 2.40. The highest BCUT2D eigenvalue weighted by Gasteiger charge is 2.18.